The molecule has 2 amide bonds. The van der Waals surface area contributed by atoms with Gasteiger partial charge in [0.2, 0.25) is 11.8 Å². The van der Waals surface area contributed by atoms with E-state index in [1.165, 1.54) is 0 Å². The lowest BCUT2D eigenvalue weighted by atomic mass is 10.2. The minimum atomic E-state index is -0.551. The molecule has 6 heteroatoms. The number of amides is 2. The Morgan fingerprint density at radius 3 is 2.05 bits per heavy atom. The maximum absolute atomic E-state index is 11.9. The molecular formula is C16H13N3O2S. The quantitative estimate of drug-likeness (QED) is 0.534. The highest BCUT2D eigenvalue weighted by atomic mass is 32.1. The van der Waals surface area contributed by atoms with Gasteiger partial charge in [0.05, 0.1) is 22.3 Å². The van der Waals surface area contributed by atoms with Crippen LogP contribution in [-0.4, -0.2) is 17.1 Å². The molecular weight excluding hydrogens is 298 g/mol. The van der Waals surface area contributed by atoms with E-state index in [1.54, 1.807) is 24.3 Å². The zero-order valence-electron chi connectivity index (χ0n) is 11.6. The fourth-order valence-corrected chi connectivity index (χ4v) is 2.44. The lowest BCUT2D eigenvalue weighted by Gasteiger charge is -2.13. The van der Waals surface area contributed by atoms with Crippen molar-refractivity contribution in [2.45, 2.75) is 11.7 Å². The van der Waals surface area contributed by atoms with Gasteiger partial charge in [-0.25, -0.2) is 4.90 Å². The third-order valence-corrected chi connectivity index (χ3v) is 3.67. The highest BCUT2D eigenvalue weighted by molar-refractivity contribution is 7.82. The average Bonchev–Trinajstić information content (AvgIpc) is 2.80. The third-order valence-electron chi connectivity index (χ3n) is 3.27. The van der Waals surface area contributed by atoms with Gasteiger partial charge < -0.3 is 0 Å². The first-order valence-corrected chi connectivity index (χ1v) is 7.28. The predicted octanol–water partition coefficient (Wildman–Crippen LogP) is 3.66. The minimum Gasteiger partial charge on any atom is -0.274 e. The number of benzene rings is 2. The van der Waals surface area contributed by atoms with Gasteiger partial charge in [0.1, 0.15) is 0 Å². The van der Waals surface area contributed by atoms with Crippen molar-refractivity contribution in [3.8, 4) is 0 Å². The van der Waals surface area contributed by atoms with Gasteiger partial charge >= 0.3 is 0 Å². The summed E-state index contributed by atoms with van der Waals surface area (Å²) in [5.41, 5.74) is 1.94. The molecule has 5 nitrogen and oxygen atoms in total. The van der Waals surface area contributed by atoms with Crippen LogP contribution < -0.4 is 4.90 Å². The van der Waals surface area contributed by atoms with Crippen LogP contribution in [-0.2, 0) is 9.59 Å². The van der Waals surface area contributed by atoms with Crippen LogP contribution in [0.15, 0.2) is 64.8 Å². The average molecular weight is 311 g/mol. The molecule has 1 aliphatic heterocycles. The molecule has 0 aromatic heterocycles. The molecule has 110 valence electrons. The maximum Gasteiger partial charge on any atom is 0.247 e. The second-order valence-corrected chi connectivity index (χ2v) is 5.46. The number of imide groups is 1. The molecule has 1 aliphatic rings. The summed E-state index contributed by atoms with van der Waals surface area (Å²) in [5.74, 6) is -0.518. The summed E-state index contributed by atoms with van der Waals surface area (Å²) in [7, 11) is 0. The van der Waals surface area contributed by atoms with Crippen LogP contribution in [0.5, 0.6) is 0 Å². The molecule has 0 N–H and O–H groups in total. The zero-order valence-corrected chi connectivity index (χ0v) is 12.5. The van der Waals surface area contributed by atoms with Crippen molar-refractivity contribution in [1.29, 1.82) is 0 Å². The van der Waals surface area contributed by atoms with Gasteiger partial charge in [0.15, 0.2) is 0 Å². The van der Waals surface area contributed by atoms with E-state index < -0.39 is 5.25 Å². The Morgan fingerprint density at radius 2 is 1.50 bits per heavy atom. The molecule has 0 saturated carbocycles. The number of thiol groups is 1. The summed E-state index contributed by atoms with van der Waals surface area (Å²) in [4.78, 5) is 24.9. The number of rotatable bonds is 3. The van der Waals surface area contributed by atoms with E-state index in [9.17, 15) is 9.59 Å². The summed E-state index contributed by atoms with van der Waals surface area (Å²) in [5, 5.41) is 7.68. The van der Waals surface area contributed by atoms with Gasteiger partial charge in [0.25, 0.3) is 0 Å². The molecule has 2 aromatic carbocycles. The summed E-state index contributed by atoms with van der Waals surface area (Å²) >= 11 is 4.10. The lowest BCUT2D eigenvalue weighted by molar-refractivity contribution is -0.121. The Bertz CT molecular complexity index is 729. The van der Waals surface area contributed by atoms with E-state index in [2.05, 4.69) is 22.9 Å². The Morgan fingerprint density at radius 1 is 0.909 bits per heavy atom. The number of carbonyl (C=O) groups is 2. The number of azo groups is 1. The van der Waals surface area contributed by atoms with Crippen molar-refractivity contribution in [2.75, 3.05) is 4.90 Å². The van der Waals surface area contributed by atoms with Crippen LogP contribution in [0.25, 0.3) is 0 Å². The Hall–Kier alpha value is -2.47. The van der Waals surface area contributed by atoms with Gasteiger partial charge in [0, 0.05) is 6.42 Å². The molecule has 0 bridgehead atoms. The smallest absolute Gasteiger partial charge is 0.247 e. The summed E-state index contributed by atoms with van der Waals surface area (Å²) < 4.78 is 0. The SMILES string of the molecule is O=C1C[C@H](S)C(=O)N1c1ccc(N=Nc2ccccc2)cc1. The number of carbonyl (C=O) groups excluding carboxylic acids is 2. The molecule has 1 atom stereocenters. The molecule has 1 fully saturated rings. The number of hydrogen-bond donors (Lipinski definition) is 1. The highest BCUT2D eigenvalue weighted by Gasteiger charge is 2.37. The first-order chi connectivity index (χ1) is 10.6. The fourth-order valence-electron chi connectivity index (χ4n) is 2.17. The molecule has 0 spiro atoms. The third kappa shape index (κ3) is 2.92. The number of nitrogens with zero attached hydrogens (tertiary/aromatic N) is 3. The van der Waals surface area contributed by atoms with Crippen LogP contribution >= 0.6 is 12.6 Å². The van der Waals surface area contributed by atoms with E-state index in [4.69, 9.17) is 0 Å². The second-order valence-electron chi connectivity index (χ2n) is 4.84. The summed E-state index contributed by atoms with van der Waals surface area (Å²) in [6, 6.07) is 16.2. The monoisotopic (exact) mass is 311 g/mol. The van der Waals surface area contributed by atoms with Crippen LogP contribution in [0.3, 0.4) is 0 Å². The Balaban J connectivity index is 1.77. The molecule has 0 unspecified atom stereocenters. The maximum atomic E-state index is 11.9. The minimum absolute atomic E-state index is 0.136. The van der Waals surface area contributed by atoms with Crippen LogP contribution in [0.1, 0.15) is 6.42 Å². The van der Waals surface area contributed by atoms with Gasteiger partial charge in [-0.15, -0.1) is 0 Å². The predicted molar refractivity (Wildman–Crippen MR) is 86.9 cm³/mol. The van der Waals surface area contributed by atoms with Crippen molar-refractivity contribution < 1.29 is 9.59 Å². The Kier molecular flexibility index (Phi) is 4.02. The van der Waals surface area contributed by atoms with Crippen molar-refractivity contribution >= 4 is 41.5 Å². The topological polar surface area (TPSA) is 62.1 Å². The molecule has 2 aromatic rings. The first-order valence-electron chi connectivity index (χ1n) is 6.77. The van der Waals surface area contributed by atoms with Crippen molar-refractivity contribution in [3.05, 3.63) is 54.6 Å². The summed E-state index contributed by atoms with van der Waals surface area (Å²) in [6.07, 6.45) is 0.136. The van der Waals surface area contributed by atoms with E-state index in [0.717, 1.165) is 10.6 Å². The zero-order chi connectivity index (χ0) is 15.5. The van der Waals surface area contributed by atoms with Crippen molar-refractivity contribution in [3.63, 3.8) is 0 Å². The molecule has 3 rings (SSSR count). The standard InChI is InChI=1S/C16H13N3O2S/c20-15-10-14(22)16(21)19(15)13-8-6-12(7-9-13)18-17-11-4-2-1-3-5-11/h1-9,14,22H,10H2/t14-/m0/s1. The normalized spacial score (nSPS) is 18.4. The Labute approximate surface area is 133 Å². The molecule has 0 radical (unpaired) electrons. The van der Waals surface area contributed by atoms with E-state index in [-0.39, 0.29) is 18.2 Å². The lowest BCUT2D eigenvalue weighted by Crippen LogP contribution is -2.30. The number of anilines is 1. The van der Waals surface area contributed by atoms with Crippen molar-refractivity contribution in [2.24, 2.45) is 10.2 Å². The van der Waals surface area contributed by atoms with Gasteiger partial charge in [-0.2, -0.15) is 22.9 Å². The highest BCUT2D eigenvalue weighted by Crippen LogP contribution is 2.27. The first kappa shape index (κ1) is 14.5. The van der Waals surface area contributed by atoms with Crippen LogP contribution in [0.2, 0.25) is 0 Å². The molecule has 1 heterocycles. The van der Waals surface area contributed by atoms with Crippen LogP contribution in [0.4, 0.5) is 17.1 Å². The molecule has 0 aliphatic carbocycles. The van der Waals surface area contributed by atoms with Crippen molar-refractivity contribution in [1.82, 2.24) is 0 Å². The van der Waals surface area contributed by atoms with E-state index in [1.807, 2.05) is 30.3 Å². The van der Waals surface area contributed by atoms with E-state index in [0.29, 0.717) is 11.4 Å². The number of hydrogen-bond acceptors (Lipinski definition) is 5. The fraction of sp³-hybridized carbons (Fsp3) is 0.125. The summed E-state index contributed by atoms with van der Waals surface area (Å²) in [6.45, 7) is 0. The largest absolute Gasteiger partial charge is 0.274 e. The van der Waals surface area contributed by atoms with Gasteiger partial charge in [-0.1, -0.05) is 18.2 Å². The molecule has 1 saturated heterocycles. The van der Waals surface area contributed by atoms with Gasteiger partial charge in [-0.3, -0.25) is 9.59 Å². The van der Waals surface area contributed by atoms with Gasteiger partial charge in [-0.05, 0) is 36.4 Å². The second kappa shape index (κ2) is 6.11. The molecule has 22 heavy (non-hydrogen) atoms. The van der Waals surface area contributed by atoms with E-state index >= 15 is 0 Å². The van der Waals surface area contributed by atoms with Crippen LogP contribution in [0, 0.1) is 0 Å².